The Morgan fingerprint density at radius 3 is 1.62 bits per heavy atom. The van der Waals surface area contributed by atoms with E-state index in [-0.39, 0.29) is 5.78 Å². The first kappa shape index (κ1) is 18.4. The molecule has 2 aromatic carbocycles. The molecule has 0 aliphatic rings. The van der Waals surface area contributed by atoms with Crippen molar-refractivity contribution < 1.29 is 9.53 Å². The maximum Gasteiger partial charge on any atom is 0.199 e. The predicted molar refractivity (Wildman–Crippen MR) is 99.2 cm³/mol. The smallest absolute Gasteiger partial charge is 0.199 e. The van der Waals surface area contributed by atoms with Crippen LogP contribution in [0.25, 0.3) is 0 Å². The summed E-state index contributed by atoms with van der Waals surface area (Å²) in [6.45, 7) is 12.2. The molecule has 0 aromatic heterocycles. The van der Waals surface area contributed by atoms with Gasteiger partial charge in [0, 0.05) is 11.0 Å². The van der Waals surface area contributed by atoms with E-state index in [1.54, 1.807) is 0 Å². The topological polar surface area (TPSA) is 26.3 Å². The van der Waals surface area contributed by atoms with Crippen LogP contribution in [-0.2, 0) is 10.3 Å². The van der Waals surface area contributed by atoms with Gasteiger partial charge in [-0.15, -0.1) is 0 Å². The van der Waals surface area contributed by atoms with E-state index in [1.807, 2.05) is 81.4 Å². The lowest BCUT2D eigenvalue weighted by Crippen LogP contribution is -2.53. The molecule has 1 atom stereocenters. The maximum atomic E-state index is 13.7. The average molecular weight is 324 g/mol. The number of hydrogen-bond acceptors (Lipinski definition) is 2. The molecule has 0 N–H and O–H groups in total. The Morgan fingerprint density at radius 2 is 1.21 bits per heavy atom. The van der Waals surface area contributed by atoms with Gasteiger partial charge in [-0.25, -0.2) is 0 Å². The highest BCUT2D eigenvalue weighted by Gasteiger charge is 2.53. The van der Waals surface area contributed by atoms with Gasteiger partial charge in [0.25, 0.3) is 0 Å². The molecule has 0 radical (unpaired) electrons. The first-order valence-corrected chi connectivity index (χ1v) is 8.43. The second-order valence-corrected chi connectivity index (χ2v) is 8.21. The second kappa shape index (κ2) is 6.52. The third kappa shape index (κ3) is 3.59. The Morgan fingerprint density at radius 1 is 0.750 bits per heavy atom. The first-order valence-electron chi connectivity index (χ1n) is 8.43. The van der Waals surface area contributed by atoms with Crippen molar-refractivity contribution in [1.82, 2.24) is 0 Å². The van der Waals surface area contributed by atoms with Crippen LogP contribution in [0.5, 0.6) is 0 Å². The number of benzene rings is 2. The molecule has 1 unspecified atom stereocenters. The van der Waals surface area contributed by atoms with Crippen LogP contribution in [0.3, 0.4) is 0 Å². The summed E-state index contributed by atoms with van der Waals surface area (Å²) in [6.07, 6.45) is 0. The van der Waals surface area contributed by atoms with Crippen molar-refractivity contribution in [1.29, 1.82) is 0 Å². The molecule has 24 heavy (non-hydrogen) atoms. The maximum absolute atomic E-state index is 13.7. The summed E-state index contributed by atoms with van der Waals surface area (Å²) < 4.78 is 6.54. The number of ether oxygens (including phenoxy) is 1. The molecular weight excluding hydrogens is 296 g/mol. The molecule has 128 valence electrons. The van der Waals surface area contributed by atoms with Gasteiger partial charge in [-0.1, -0.05) is 81.4 Å². The summed E-state index contributed by atoms with van der Waals surface area (Å²) in [4.78, 5) is 13.7. The lowest BCUT2D eigenvalue weighted by Gasteiger charge is -2.47. The van der Waals surface area contributed by atoms with Crippen LogP contribution in [-0.4, -0.2) is 11.4 Å². The van der Waals surface area contributed by atoms with E-state index in [0.717, 1.165) is 5.56 Å². The zero-order valence-corrected chi connectivity index (χ0v) is 15.6. The van der Waals surface area contributed by atoms with Crippen molar-refractivity contribution in [2.75, 3.05) is 0 Å². The average Bonchev–Trinajstić information content (AvgIpc) is 2.51. The molecule has 2 nitrogen and oxygen atoms in total. The van der Waals surface area contributed by atoms with Crippen LogP contribution in [0.15, 0.2) is 60.7 Å². The minimum Gasteiger partial charge on any atom is -0.356 e. The van der Waals surface area contributed by atoms with Gasteiger partial charge in [0.1, 0.15) is 0 Å². The Labute approximate surface area is 145 Å². The second-order valence-electron chi connectivity index (χ2n) is 8.21. The molecule has 0 spiro atoms. The minimum absolute atomic E-state index is 0.00303. The highest BCUT2D eigenvalue weighted by Crippen LogP contribution is 2.47. The van der Waals surface area contributed by atoms with Gasteiger partial charge in [-0.05, 0) is 26.3 Å². The highest BCUT2D eigenvalue weighted by atomic mass is 16.5. The zero-order valence-electron chi connectivity index (χ0n) is 15.6. The lowest BCUT2D eigenvalue weighted by atomic mass is 9.67. The molecule has 0 aliphatic carbocycles. The Kier molecular flexibility index (Phi) is 5.00. The van der Waals surface area contributed by atoms with Crippen LogP contribution in [0, 0.1) is 5.41 Å². The van der Waals surface area contributed by atoms with E-state index in [4.69, 9.17) is 4.74 Å². The van der Waals surface area contributed by atoms with Gasteiger partial charge < -0.3 is 4.74 Å². The van der Waals surface area contributed by atoms with Crippen LogP contribution < -0.4 is 0 Å². The van der Waals surface area contributed by atoms with Crippen molar-refractivity contribution in [3.05, 3.63) is 71.8 Å². The van der Waals surface area contributed by atoms with Crippen molar-refractivity contribution in [2.45, 2.75) is 52.7 Å². The Hall–Kier alpha value is -1.93. The quantitative estimate of drug-likeness (QED) is 0.682. The van der Waals surface area contributed by atoms with Gasteiger partial charge in [0.2, 0.25) is 0 Å². The molecule has 0 heterocycles. The summed E-state index contributed by atoms with van der Waals surface area (Å²) in [5.74, 6) is -0.00303. The fourth-order valence-corrected chi connectivity index (χ4v) is 3.09. The van der Waals surface area contributed by atoms with Crippen LogP contribution in [0.2, 0.25) is 0 Å². The van der Waals surface area contributed by atoms with E-state index in [9.17, 15) is 4.79 Å². The van der Waals surface area contributed by atoms with Crippen LogP contribution in [0.4, 0.5) is 0 Å². The van der Waals surface area contributed by atoms with Gasteiger partial charge in [0.15, 0.2) is 11.4 Å². The monoisotopic (exact) mass is 324 g/mol. The summed E-state index contributed by atoms with van der Waals surface area (Å²) in [6, 6.07) is 19.3. The van der Waals surface area contributed by atoms with Gasteiger partial charge in [0.05, 0.1) is 5.60 Å². The number of hydrogen-bond donors (Lipinski definition) is 0. The molecule has 2 aromatic rings. The van der Waals surface area contributed by atoms with Crippen molar-refractivity contribution in [2.24, 2.45) is 5.41 Å². The number of carbonyl (C=O) groups is 1. The highest BCUT2D eigenvalue weighted by molar-refractivity contribution is 6.03. The SMILES string of the molecule is CC(C)(C)OC(C(=O)c1ccccc1)(c1ccccc1)C(C)(C)C. The zero-order chi connectivity index (χ0) is 18.0. The number of ketones is 1. The molecule has 0 aliphatic heterocycles. The van der Waals surface area contributed by atoms with Crippen molar-refractivity contribution in [3.8, 4) is 0 Å². The third-order valence-corrected chi connectivity index (χ3v) is 4.05. The normalized spacial score (nSPS) is 14.9. The summed E-state index contributed by atoms with van der Waals surface area (Å²) >= 11 is 0. The minimum atomic E-state index is -1.06. The van der Waals surface area contributed by atoms with E-state index < -0.39 is 16.6 Å². The van der Waals surface area contributed by atoms with E-state index in [0.29, 0.717) is 5.56 Å². The molecule has 0 saturated carbocycles. The lowest BCUT2D eigenvalue weighted by molar-refractivity contribution is -0.160. The number of rotatable bonds is 4. The summed E-state index contributed by atoms with van der Waals surface area (Å²) in [5.41, 5.74) is -0.391. The fourth-order valence-electron chi connectivity index (χ4n) is 3.09. The summed E-state index contributed by atoms with van der Waals surface area (Å²) in [5, 5.41) is 0. The number of carbonyl (C=O) groups excluding carboxylic acids is 1. The van der Waals surface area contributed by atoms with E-state index in [2.05, 4.69) is 20.8 Å². The molecule has 2 rings (SSSR count). The van der Waals surface area contributed by atoms with Gasteiger partial charge in [-0.3, -0.25) is 4.79 Å². The molecule has 0 saturated heterocycles. The largest absolute Gasteiger partial charge is 0.356 e. The Balaban J connectivity index is 2.74. The first-order chi connectivity index (χ1) is 11.1. The van der Waals surface area contributed by atoms with Gasteiger partial charge in [-0.2, -0.15) is 0 Å². The van der Waals surface area contributed by atoms with Crippen LogP contribution in [0.1, 0.15) is 57.5 Å². The Bertz CT molecular complexity index is 675. The molecule has 2 heteroatoms. The summed E-state index contributed by atoms with van der Waals surface area (Å²) in [7, 11) is 0. The molecule has 0 amide bonds. The fraction of sp³-hybridized carbons (Fsp3) is 0.409. The molecule has 0 fully saturated rings. The molecular formula is C22H28O2. The van der Waals surface area contributed by atoms with E-state index >= 15 is 0 Å². The standard InChI is InChI=1S/C22H28O2/c1-20(2,3)22(24-21(4,5)6,18-15-11-8-12-16-18)19(23)17-13-9-7-10-14-17/h7-16H,1-6H3. The van der Waals surface area contributed by atoms with Crippen molar-refractivity contribution >= 4 is 5.78 Å². The van der Waals surface area contributed by atoms with E-state index in [1.165, 1.54) is 0 Å². The third-order valence-electron chi connectivity index (χ3n) is 4.05. The van der Waals surface area contributed by atoms with Crippen LogP contribution >= 0.6 is 0 Å². The van der Waals surface area contributed by atoms with Gasteiger partial charge >= 0.3 is 0 Å². The predicted octanol–water partition coefficient (Wildman–Crippen LogP) is 5.63. The number of Topliss-reactive ketones (excluding diaryl/α,β-unsaturated/α-hetero) is 1. The van der Waals surface area contributed by atoms with Crippen molar-refractivity contribution in [3.63, 3.8) is 0 Å². The molecule has 0 bridgehead atoms.